The molecule has 4 rings (SSSR count). The Hall–Kier alpha value is -3.93. The molecule has 1 aliphatic rings. The van der Waals surface area contributed by atoms with Crippen LogP contribution in [0.1, 0.15) is 48.5 Å². The maximum absolute atomic E-state index is 13.7. The molecule has 0 radical (unpaired) electrons. The van der Waals surface area contributed by atoms with Gasteiger partial charge in [-0.15, -0.1) is 11.3 Å². The molecule has 2 heterocycles. The van der Waals surface area contributed by atoms with Crippen molar-refractivity contribution in [1.29, 1.82) is 0 Å². The average Bonchev–Trinajstić information content (AvgIpc) is 3.54. The van der Waals surface area contributed by atoms with E-state index in [0.29, 0.717) is 41.0 Å². The van der Waals surface area contributed by atoms with Gasteiger partial charge >= 0.3 is 0 Å². The predicted molar refractivity (Wildman–Crippen MR) is 146 cm³/mol. The smallest absolute Gasteiger partial charge is 0.254 e. The molecule has 0 bridgehead atoms. The molecule has 0 saturated carbocycles. The first kappa shape index (κ1) is 29.1. The van der Waals surface area contributed by atoms with Crippen LogP contribution in [0.3, 0.4) is 0 Å². The number of primary amides is 1. The van der Waals surface area contributed by atoms with Crippen molar-refractivity contribution in [1.82, 2.24) is 20.5 Å². The molecule has 1 fully saturated rings. The van der Waals surface area contributed by atoms with E-state index in [1.54, 1.807) is 0 Å². The van der Waals surface area contributed by atoms with Crippen molar-refractivity contribution in [2.24, 2.45) is 11.7 Å². The summed E-state index contributed by atoms with van der Waals surface area (Å²) in [4.78, 5) is 57.8. The number of nitrogens with one attached hydrogen (secondary N) is 2. The number of hydrogen-bond acceptors (Lipinski definition) is 6. The zero-order valence-electron chi connectivity index (χ0n) is 22.2. The number of nitrogens with zero attached hydrogens (tertiary/aromatic N) is 2. The molecule has 0 spiro atoms. The topological polar surface area (TPSA) is 134 Å². The molecule has 12 heteroatoms. The fraction of sp³-hybridized carbons (Fsp3) is 0.393. The summed E-state index contributed by atoms with van der Waals surface area (Å²) in [6, 6.07) is 6.29. The predicted octanol–water partition coefficient (Wildman–Crippen LogP) is 2.92. The van der Waals surface area contributed by atoms with E-state index < -0.39 is 53.4 Å². The quantitative estimate of drug-likeness (QED) is 0.344. The van der Waals surface area contributed by atoms with Crippen LogP contribution in [0.5, 0.6) is 0 Å². The number of aromatic nitrogens is 1. The van der Waals surface area contributed by atoms with Crippen molar-refractivity contribution < 1.29 is 28.0 Å². The number of thiazole rings is 1. The Morgan fingerprint density at radius 2 is 1.75 bits per heavy atom. The fourth-order valence-electron chi connectivity index (χ4n) is 4.72. The lowest BCUT2D eigenvalue weighted by molar-refractivity contribution is -0.132. The van der Waals surface area contributed by atoms with Gasteiger partial charge < -0.3 is 21.3 Å². The van der Waals surface area contributed by atoms with Crippen LogP contribution >= 0.6 is 11.3 Å². The number of amides is 4. The van der Waals surface area contributed by atoms with Gasteiger partial charge in [0.25, 0.3) is 5.91 Å². The van der Waals surface area contributed by atoms with Gasteiger partial charge in [0, 0.05) is 18.5 Å². The van der Waals surface area contributed by atoms with Crippen molar-refractivity contribution in [2.75, 3.05) is 6.54 Å². The average molecular weight is 572 g/mol. The first-order valence-electron chi connectivity index (χ1n) is 13.0. The molecular formula is C28H31F2N5O4S. The Morgan fingerprint density at radius 3 is 2.42 bits per heavy atom. The lowest BCUT2D eigenvalue weighted by Crippen LogP contribution is -2.56. The Morgan fingerprint density at radius 1 is 1.05 bits per heavy atom. The van der Waals surface area contributed by atoms with Gasteiger partial charge in [0.1, 0.15) is 29.8 Å². The molecule has 1 aromatic heterocycles. The van der Waals surface area contributed by atoms with Crippen LogP contribution in [0.15, 0.2) is 42.5 Å². The number of fused-ring (bicyclic) bond motifs is 1. The minimum atomic E-state index is -1.14. The Balaban J connectivity index is 1.56. The van der Waals surface area contributed by atoms with Gasteiger partial charge in [-0.3, -0.25) is 19.2 Å². The molecular weight excluding hydrogens is 540 g/mol. The summed E-state index contributed by atoms with van der Waals surface area (Å²) in [6.07, 6.45) is 1.24. The highest BCUT2D eigenvalue weighted by molar-refractivity contribution is 7.18. The summed E-state index contributed by atoms with van der Waals surface area (Å²) in [7, 11) is 0. The lowest BCUT2D eigenvalue weighted by Gasteiger charge is -2.27. The van der Waals surface area contributed by atoms with Crippen LogP contribution in [0.4, 0.5) is 8.78 Å². The third-order valence-electron chi connectivity index (χ3n) is 6.68. The van der Waals surface area contributed by atoms with Crippen LogP contribution in [-0.4, -0.2) is 58.2 Å². The van der Waals surface area contributed by atoms with Gasteiger partial charge in [0.15, 0.2) is 0 Å². The summed E-state index contributed by atoms with van der Waals surface area (Å²) < 4.78 is 27.6. The van der Waals surface area contributed by atoms with Gasteiger partial charge in [-0.2, -0.15) is 0 Å². The number of likely N-dealkylation sites (tertiary alicyclic amines) is 1. The first-order valence-corrected chi connectivity index (χ1v) is 13.8. The number of carbonyl (C=O) groups excluding carboxylic acids is 4. The first-order chi connectivity index (χ1) is 19.0. The molecule has 3 atom stereocenters. The third-order valence-corrected chi connectivity index (χ3v) is 7.72. The Kier molecular flexibility index (Phi) is 9.08. The standard InChI is InChI=1S/C28H31F2N5O4S/c1-15(2)12-20(25(31)36)33-26(37)21(14-24-32-19-10-9-18(30)13-23(19)40-24)34-27(38)22-4-3-11-35(22)28(39)16-5-7-17(29)8-6-16/h5-10,13,15,20-22H,3-4,11-12,14H2,1-2H3,(H2,31,36)(H,33,37)(H,34,38)/t20?,21-,22-/m0/s1. The molecule has 2 aromatic carbocycles. The molecule has 1 unspecified atom stereocenters. The number of halogens is 2. The second-order valence-electron chi connectivity index (χ2n) is 10.2. The maximum Gasteiger partial charge on any atom is 0.254 e. The van der Waals surface area contributed by atoms with E-state index in [2.05, 4.69) is 15.6 Å². The molecule has 0 aliphatic carbocycles. The minimum Gasteiger partial charge on any atom is -0.368 e. The van der Waals surface area contributed by atoms with Gasteiger partial charge in [-0.25, -0.2) is 13.8 Å². The van der Waals surface area contributed by atoms with Crippen LogP contribution in [0, 0.1) is 17.6 Å². The van der Waals surface area contributed by atoms with Gasteiger partial charge in [-0.05, 0) is 67.6 Å². The van der Waals surface area contributed by atoms with E-state index in [1.807, 2.05) is 13.8 Å². The highest BCUT2D eigenvalue weighted by Gasteiger charge is 2.37. The fourth-order valence-corrected chi connectivity index (χ4v) is 5.75. The molecule has 1 saturated heterocycles. The maximum atomic E-state index is 13.7. The van der Waals surface area contributed by atoms with Gasteiger partial charge in [0.2, 0.25) is 17.7 Å². The summed E-state index contributed by atoms with van der Waals surface area (Å²) in [6.45, 7) is 4.09. The van der Waals surface area contributed by atoms with Crippen molar-refractivity contribution >= 4 is 45.2 Å². The number of nitrogens with two attached hydrogens (primary N) is 1. The number of rotatable bonds is 10. The van der Waals surface area contributed by atoms with Crippen LogP contribution in [-0.2, 0) is 20.8 Å². The lowest BCUT2D eigenvalue weighted by atomic mass is 10.0. The molecule has 40 heavy (non-hydrogen) atoms. The van der Waals surface area contributed by atoms with Crippen molar-refractivity contribution in [3.05, 3.63) is 64.7 Å². The van der Waals surface area contributed by atoms with E-state index in [-0.39, 0.29) is 17.9 Å². The second kappa shape index (κ2) is 12.5. The van der Waals surface area contributed by atoms with Crippen molar-refractivity contribution in [3.8, 4) is 0 Å². The summed E-state index contributed by atoms with van der Waals surface area (Å²) in [5, 5.41) is 5.86. The summed E-state index contributed by atoms with van der Waals surface area (Å²) in [5.74, 6) is -3.13. The van der Waals surface area contributed by atoms with E-state index in [4.69, 9.17) is 5.73 Å². The normalized spacial score (nSPS) is 16.6. The summed E-state index contributed by atoms with van der Waals surface area (Å²) >= 11 is 1.19. The van der Waals surface area contributed by atoms with Crippen molar-refractivity contribution in [2.45, 2.75) is 57.7 Å². The Labute approximate surface area is 234 Å². The molecule has 4 N–H and O–H groups in total. The van der Waals surface area contributed by atoms with E-state index in [0.717, 1.165) is 0 Å². The zero-order chi connectivity index (χ0) is 29.0. The van der Waals surface area contributed by atoms with Gasteiger partial charge in [-0.1, -0.05) is 13.8 Å². The molecule has 3 aromatic rings. The SMILES string of the molecule is CC(C)CC(NC(=O)[C@H](Cc1nc2ccc(F)cc2s1)NC(=O)[C@@H]1CCCN1C(=O)c1ccc(F)cc1)C(N)=O. The number of carbonyl (C=O) groups is 4. The van der Waals surface area contributed by atoms with Crippen molar-refractivity contribution in [3.63, 3.8) is 0 Å². The molecule has 1 aliphatic heterocycles. The van der Waals surface area contributed by atoms with E-state index >= 15 is 0 Å². The van der Waals surface area contributed by atoms with Crippen LogP contribution < -0.4 is 16.4 Å². The largest absolute Gasteiger partial charge is 0.368 e. The second-order valence-corrected chi connectivity index (χ2v) is 11.4. The van der Waals surface area contributed by atoms with E-state index in [1.165, 1.54) is 58.7 Å². The highest BCUT2D eigenvalue weighted by Crippen LogP contribution is 2.25. The van der Waals surface area contributed by atoms with Crippen LogP contribution in [0.2, 0.25) is 0 Å². The van der Waals surface area contributed by atoms with Crippen LogP contribution in [0.25, 0.3) is 10.2 Å². The number of hydrogen-bond donors (Lipinski definition) is 3. The molecule has 212 valence electrons. The molecule has 9 nitrogen and oxygen atoms in total. The minimum absolute atomic E-state index is 0.0235. The zero-order valence-corrected chi connectivity index (χ0v) is 23.0. The number of benzene rings is 2. The Bertz CT molecular complexity index is 1410. The monoisotopic (exact) mass is 571 g/mol. The van der Waals surface area contributed by atoms with E-state index in [9.17, 15) is 28.0 Å². The highest BCUT2D eigenvalue weighted by atomic mass is 32.1. The summed E-state index contributed by atoms with van der Waals surface area (Å²) in [5.41, 5.74) is 6.31. The molecule has 4 amide bonds. The van der Waals surface area contributed by atoms with Gasteiger partial charge in [0.05, 0.1) is 15.2 Å². The third kappa shape index (κ3) is 6.98.